The number of benzene rings is 2. The third kappa shape index (κ3) is 6.28. The molecule has 2 aromatic rings. The number of imide groups is 1. The lowest BCUT2D eigenvalue weighted by atomic mass is 9.88. The average Bonchev–Trinajstić information content (AvgIpc) is 2.92. The molecule has 3 aliphatic rings. The molecule has 0 radical (unpaired) electrons. The van der Waals surface area contributed by atoms with Gasteiger partial charge in [-0.05, 0) is 80.4 Å². The molecule has 9 nitrogen and oxygen atoms in total. The first kappa shape index (κ1) is 25.2. The maximum Gasteiger partial charge on any atom is 0.269 e. The molecule has 196 valence electrons. The van der Waals surface area contributed by atoms with Gasteiger partial charge < -0.3 is 14.5 Å². The van der Waals surface area contributed by atoms with Crippen molar-refractivity contribution in [3.05, 3.63) is 64.2 Å². The lowest BCUT2D eigenvalue weighted by Gasteiger charge is -2.38. The van der Waals surface area contributed by atoms with Gasteiger partial charge in [0.1, 0.15) is 5.75 Å². The van der Waals surface area contributed by atoms with E-state index in [0.717, 1.165) is 64.1 Å². The number of nitro groups is 1. The van der Waals surface area contributed by atoms with Crippen molar-refractivity contribution >= 4 is 23.2 Å². The largest absolute Gasteiger partial charge is 0.481 e. The van der Waals surface area contributed by atoms with Crippen molar-refractivity contribution in [3.8, 4) is 5.75 Å². The number of carbonyl (C=O) groups is 2. The highest BCUT2D eigenvalue weighted by Gasteiger charge is 2.29. The number of likely N-dealkylation sites (tertiary alicyclic amines) is 1. The SMILES string of the molecule is O=C1CCC(Oc2ccc(C3CCN(CC4CCN(c5ccc([N+](=O)[O-])cc5)CC4)CC3)cc2)C(=O)N1. The average molecular weight is 507 g/mol. The summed E-state index contributed by atoms with van der Waals surface area (Å²) in [5.41, 5.74) is 2.52. The minimum absolute atomic E-state index is 0.138. The van der Waals surface area contributed by atoms with Gasteiger partial charge in [0.25, 0.3) is 11.6 Å². The first-order valence-electron chi connectivity index (χ1n) is 13.3. The summed E-state index contributed by atoms with van der Waals surface area (Å²) in [6.07, 6.45) is 4.68. The Kier molecular flexibility index (Phi) is 7.69. The Morgan fingerprint density at radius 3 is 2.19 bits per heavy atom. The van der Waals surface area contributed by atoms with Gasteiger partial charge in [0.05, 0.1) is 4.92 Å². The summed E-state index contributed by atoms with van der Waals surface area (Å²) >= 11 is 0. The quantitative estimate of drug-likeness (QED) is 0.345. The monoisotopic (exact) mass is 506 g/mol. The van der Waals surface area contributed by atoms with Crippen LogP contribution in [-0.4, -0.2) is 60.5 Å². The molecule has 0 saturated carbocycles. The Morgan fingerprint density at radius 2 is 1.57 bits per heavy atom. The standard InChI is InChI=1S/C28H34N4O5/c33-27-10-9-26(28(34)29-27)37-25-7-1-21(2-8-25)22-13-15-30(16-14-22)19-20-11-17-31(18-12-20)23-3-5-24(6-4-23)32(35)36/h1-8,20,22,26H,9-19H2,(H,29,33,34). The summed E-state index contributed by atoms with van der Waals surface area (Å²) in [7, 11) is 0. The van der Waals surface area contributed by atoms with Crippen LogP contribution in [0.5, 0.6) is 5.75 Å². The van der Waals surface area contributed by atoms with Crippen molar-refractivity contribution < 1.29 is 19.2 Å². The zero-order valence-electron chi connectivity index (χ0n) is 21.0. The highest BCUT2D eigenvalue weighted by molar-refractivity contribution is 5.99. The van der Waals surface area contributed by atoms with Crippen LogP contribution < -0.4 is 15.0 Å². The van der Waals surface area contributed by atoms with E-state index in [0.29, 0.717) is 30.4 Å². The molecule has 5 rings (SSSR count). The summed E-state index contributed by atoms with van der Waals surface area (Å²) < 4.78 is 5.81. The van der Waals surface area contributed by atoms with Crippen molar-refractivity contribution in [3.63, 3.8) is 0 Å². The molecule has 3 saturated heterocycles. The number of nitrogens with one attached hydrogen (secondary N) is 1. The second kappa shape index (κ2) is 11.3. The molecule has 0 bridgehead atoms. The van der Waals surface area contributed by atoms with Crippen molar-refractivity contribution in [2.24, 2.45) is 5.92 Å². The molecule has 2 amide bonds. The van der Waals surface area contributed by atoms with Gasteiger partial charge in [-0.25, -0.2) is 0 Å². The summed E-state index contributed by atoms with van der Waals surface area (Å²) in [6.45, 7) is 5.32. The normalized spacial score (nSPS) is 22.1. The van der Waals surface area contributed by atoms with E-state index in [1.807, 2.05) is 24.3 Å². The van der Waals surface area contributed by atoms with E-state index in [1.165, 1.54) is 5.56 Å². The van der Waals surface area contributed by atoms with Crippen molar-refractivity contribution in [1.82, 2.24) is 10.2 Å². The number of anilines is 1. The Bertz CT molecular complexity index is 1100. The first-order valence-corrected chi connectivity index (χ1v) is 13.3. The van der Waals surface area contributed by atoms with Gasteiger partial charge in [0.2, 0.25) is 5.91 Å². The molecule has 2 aromatic carbocycles. The Labute approximate surface area is 216 Å². The molecule has 3 heterocycles. The van der Waals surface area contributed by atoms with Gasteiger partial charge in [-0.3, -0.25) is 25.0 Å². The number of hydrogen-bond donors (Lipinski definition) is 1. The van der Waals surface area contributed by atoms with Crippen LogP contribution in [0.25, 0.3) is 0 Å². The molecule has 3 fully saturated rings. The van der Waals surface area contributed by atoms with Gasteiger partial charge in [-0.2, -0.15) is 0 Å². The zero-order valence-corrected chi connectivity index (χ0v) is 21.0. The number of nitro benzene ring substituents is 1. The fourth-order valence-electron chi connectivity index (χ4n) is 5.74. The van der Waals surface area contributed by atoms with E-state index in [4.69, 9.17) is 4.74 Å². The Morgan fingerprint density at radius 1 is 0.892 bits per heavy atom. The number of amides is 2. The number of carbonyl (C=O) groups excluding carboxylic acids is 2. The third-order valence-corrected chi connectivity index (χ3v) is 7.96. The molecule has 0 spiro atoms. The summed E-state index contributed by atoms with van der Waals surface area (Å²) in [5, 5.41) is 13.2. The van der Waals surface area contributed by atoms with Gasteiger partial charge in [-0.15, -0.1) is 0 Å². The summed E-state index contributed by atoms with van der Waals surface area (Å²) in [5.74, 6) is 1.29. The molecule has 1 atom stereocenters. The Balaban J connectivity index is 1.04. The van der Waals surface area contributed by atoms with Crippen LogP contribution in [-0.2, 0) is 9.59 Å². The lowest BCUT2D eigenvalue weighted by molar-refractivity contribution is -0.384. The summed E-state index contributed by atoms with van der Waals surface area (Å²) in [4.78, 5) is 38.7. The number of piperidine rings is 3. The number of ether oxygens (including phenoxy) is 1. The van der Waals surface area contributed by atoms with Crippen molar-refractivity contribution in [2.75, 3.05) is 37.6 Å². The lowest BCUT2D eigenvalue weighted by Crippen LogP contribution is -2.46. The van der Waals surface area contributed by atoms with Crippen molar-refractivity contribution in [2.45, 2.75) is 50.5 Å². The van der Waals surface area contributed by atoms with Crippen LogP contribution in [0, 0.1) is 16.0 Å². The van der Waals surface area contributed by atoms with E-state index in [-0.39, 0.29) is 22.4 Å². The van der Waals surface area contributed by atoms with Gasteiger partial charge >= 0.3 is 0 Å². The maximum atomic E-state index is 11.9. The molecule has 0 aliphatic carbocycles. The molecule has 1 unspecified atom stereocenters. The first-order chi connectivity index (χ1) is 17.9. The number of non-ortho nitro benzene ring substituents is 1. The van der Waals surface area contributed by atoms with Crippen LogP contribution in [0.1, 0.15) is 50.0 Å². The highest BCUT2D eigenvalue weighted by atomic mass is 16.6. The van der Waals surface area contributed by atoms with Crippen LogP contribution in [0.2, 0.25) is 0 Å². The molecule has 3 aliphatic heterocycles. The van der Waals surface area contributed by atoms with Gasteiger partial charge in [0, 0.05) is 50.3 Å². The zero-order chi connectivity index (χ0) is 25.8. The fraction of sp³-hybridized carbons (Fsp3) is 0.500. The van der Waals surface area contributed by atoms with E-state index >= 15 is 0 Å². The molecule has 1 N–H and O–H groups in total. The van der Waals surface area contributed by atoms with E-state index in [9.17, 15) is 19.7 Å². The van der Waals surface area contributed by atoms with E-state index < -0.39 is 6.10 Å². The third-order valence-electron chi connectivity index (χ3n) is 7.96. The maximum absolute atomic E-state index is 11.9. The number of hydrogen-bond acceptors (Lipinski definition) is 7. The second-order valence-electron chi connectivity index (χ2n) is 10.4. The molecular weight excluding hydrogens is 472 g/mol. The summed E-state index contributed by atoms with van der Waals surface area (Å²) in [6, 6.07) is 15.0. The highest BCUT2D eigenvalue weighted by Crippen LogP contribution is 2.31. The second-order valence-corrected chi connectivity index (χ2v) is 10.4. The van der Waals surface area contributed by atoms with Crippen LogP contribution in [0.15, 0.2) is 48.5 Å². The van der Waals surface area contributed by atoms with Gasteiger partial charge in [-0.1, -0.05) is 12.1 Å². The predicted octanol–water partition coefficient (Wildman–Crippen LogP) is 3.87. The van der Waals surface area contributed by atoms with Crippen LogP contribution >= 0.6 is 0 Å². The van der Waals surface area contributed by atoms with Crippen LogP contribution in [0.4, 0.5) is 11.4 Å². The predicted molar refractivity (Wildman–Crippen MR) is 140 cm³/mol. The fourth-order valence-corrected chi connectivity index (χ4v) is 5.74. The smallest absolute Gasteiger partial charge is 0.269 e. The molecule has 0 aromatic heterocycles. The minimum atomic E-state index is -0.604. The molecule has 37 heavy (non-hydrogen) atoms. The molecular formula is C28H34N4O5. The molecule has 9 heteroatoms. The van der Waals surface area contributed by atoms with Crippen LogP contribution in [0.3, 0.4) is 0 Å². The Hall–Kier alpha value is -3.46. The topological polar surface area (TPSA) is 105 Å². The number of nitrogens with zero attached hydrogens (tertiary/aromatic N) is 3. The number of rotatable bonds is 7. The van der Waals surface area contributed by atoms with Crippen molar-refractivity contribution in [1.29, 1.82) is 0 Å². The minimum Gasteiger partial charge on any atom is -0.481 e. The van der Waals surface area contributed by atoms with E-state index in [2.05, 4.69) is 27.2 Å². The van der Waals surface area contributed by atoms with E-state index in [1.54, 1.807) is 12.1 Å². The van der Waals surface area contributed by atoms with Gasteiger partial charge in [0.15, 0.2) is 6.10 Å².